The third kappa shape index (κ3) is 8.05. The summed E-state index contributed by atoms with van der Waals surface area (Å²) in [4.78, 5) is 43.8. The predicted molar refractivity (Wildman–Crippen MR) is 131 cm³/mol. The number of hydrogen-bond donors (Lipinski definition) is 3. The molecule has 1 unspecified atom stereocenters. The fourth-order valence-corrected chi connectivity index (χ4v) is 5.79. The van der Waals surface area contributed by atoms with Gasteiger partial charge in [0.25, 0.3) is 7.52 Å². The molecular formula is C21H31N6O9P. The van der Waals surface area contributed by atoms with E-state index in [2.05, 4.69) is 15.0 Å². The van der Waals surface area contributed by atoms with Gasteiger partial charge in [-0.05, 0) is 27.2 Å². The van der Waals surface area contributed by atoms with Gasteiger partial charge in [0, 0.05) is 25.2 Å². The van der Waals surface area contributed by atoms with Crippen molar-refractivity contribution in [2.75, 3.05) is 38.4 Å². The second kappa shape index (κ2) is 13.2. The van der Waals surface area contributed by atoms with Gasteiger partial charge >= 0.3 is 17.9 Å². The number of nitrogen functional groups attached to an aromatic ring is 1. The lowest BCUT2D eigenvalue weighted by molar-refractivity contribution is -0.153. The molecule has 0 aromatic carbocycles. The minimum Gasteiger partial charge on any atom is -0.478 e. The van der Waals surface area contributed by atoms with Crippen molar-refractivity contribution in [1.29, 1.82) is 0 Å². The van der Waals surface area contributed by atoms with E-state index in [9.17, 15) is 18.9 Å². The van der Waals surface area contributed by atoms with Crippen molar-refractivity contribution in [3.8, 4) is 0 Å². The van der Waals surface area contributed by atoms with Gasteiger partial charge in [-0.1, -0.05) is 0 Å². The van der Waals surface area contributed by atoms with E-state index in [1.54, 1.807) is 36.3 Å². The molecule has 3 heterocycles. The molecule has 0 bridgehead atoms. The van der Waals surface area contributed by atoms with Crippen molar-refractivity contribution in [2.24, 2.45) is 0 Å². The summed E-state index contributed by atoms with van der Waals surface area (Å²) in [5.74, 6) is -2.64. The van der Waals surface area contributed by atoms with Gasteiger partial charge in [0.1, 0.15) is 23.7 Å². The largest absolute Gasteiger partial charge is 0.478 e. The van der Waals surface area contributed by atoms with Crippen LogP contribution in [0.25, 0.3) is 11.2 Å². The number of imidazole rings is 1. The maximum Gasteiger partial charge on any atom is 0.328 e. The zero-order chi connectivity index (χ0) is 27.6. The molecule has 4 N–H and O–H groups in total. The molecule has 1 saturated heterocycles. The molecule has 0 aliphatic carbocycles. The van der Waals surface area contributed by atoms with Gasteiger partial charge in [0.2, 0.25) is 0 Å². The summed E-state index contributed by atoms with van der Waals surface area (Å²) in [7, 11) is -3.35. The average Bonchev–Trinajstić information content (AvgIpc) is 3.25. The van der Waals surface area contributed by atoms with Gasteiger partial charge < -0.3 is 34.5 Å². The topological polar surface area (TPSA) is 209 Å². The van der Waals surface area contributed by atoms with E-state index < -0.39 is 31.0 Å². The first kappa shape index (κ1) is 29.8. The number of fused-ring (bicyclic) bond motifs is 1. The number of carboxylic acid groups (broad SMARTS) is 2. The summed E-state index contributed by atoms with van der Waals surface area (Å²) in [6.45, 7) is 6.90. The molecule has 1 aliphatic rings. The molecule has 2 aromatic rings. The molecule has 3 rings (SSSR count). The summed E-state index contributed by atoms with van der Waals surface area (Å²) >= 11 is 0. The SMILES string of the molecule is CCOC(=O)C(C)(C)N1CCCOP1(=O)COCCn1cnc2c(N)ncnc21.O=C(O)/C=C/C(=O)O. The van der Waals surface area contributed by atoms with Crippen LogP contribution in [0.4, 0.5) is 5.82 Å². The Balaban J connectivity index is 0.000000521. The predicted octanol–water partition coefficient (Wildman–Crippen LogP) is 1.35. The lowest BCUT2D eigenvalue weighted by atomic mass is 10.1. The molecule has 0 spiro atoms. The first-order chi connectivity index (χ1) is 17.4. The molecular weight excluding hydrogens is 511 g/mol. The van der Waals surface area contributed by atoms with E-state index in [-0.39, 0.29) is 19.6 Å². The highest BCUT2D eigenvalue weighted by Gasteiger charge is 2.48. The average molecular weight is 542 g/mol. The van der Waals surface area contributed by atoms with Crippen molar-refractivity contribution >= 4 is 42.4 Å². The summed E-state index contributed by atoms with van der Waals surface area (Å²) < 4.78 is 33.3. The fourth-order valence-electron chi connectivity index (χ4n) is 3.37. The number of carboxylic acids is 2. The number of carbonyl (C=O) groups is 3. The molecule has 37 heavy (non-hydrogen) atoms. The maximum atomic E-state index is 13.5. The number of aliphatic carboxylic acids is 2. The Hall–Kier alpha value is -3.39. The van der Waals surface area contributed by atoms with E-state index in [0.717, 1.165) is 0 Å². The highest BCUT2D eigenvalue weighted by molar-refractivity contribution is 7.56. The van der Waals surface area contributed by atoms with Crippen LogP contribution in [-0.2, 0) is 39.5 Å². The molecule has 16 heteroatoms. The van der Waals surface area contributed by atoms with Crippen molar-refractivity contribution in [1.82, 2.24) is 24.2 Å². The van der Waals surface area contributed by atoms with Crippen LogP contribution in [0.1, 0.15) is 27.2 Å². The maximum absolute atomic E-state index is 13.5. The normalized spacial score (nSPS) is 18.4. The lowest BCUT2D eigenvalue weighted by Gasteiger charge is -2.43. The van der Waals surface area contributed by atoms with E-state index in [1.165, 1.54) is 6.33 Å². The highest BCUT2D eigenvalue weighted by atomic mass is 31.2. The summed E-state index contributed by atoms with van der Waals surface area (Å²) in [6.07, 6.45) is 4.65. The van der Waals surface area contributed by atoms with Crippen molar-refractivity contribution in [3.63, 3.8) is 0 Å². The smallest absolute Gasteiger partial charge is 0.328 e. The van der Waals surface area contributed by atoms with Gasteiger partial charge in [-0.15, -0.1) is 0 Å². The Kier molecular flexibility index (Phi) is 10.7. The van der Waals surface area contributed by atoms with E-state index in [4.69, 9.17) is 29.9 Å². The molecule has 1 atom stereocenters. The van der Waals surface area contributed by atoms with Crippen LogP contribution in [0.3, 0.4) is 0 Å². The summed E-state index contributed by atoms with van der Waals surface area (Å²) in [5.41, 5.74) is 5.84. The Bertz CT molecular complexity index is 1170. The third-order valence-corrected chi connectivity index (χ3v) is 7.65. The Labute approximate surface area is 212 Å². The van der Waals surface area contributed by atoms with E-state index >= 15 is 0 Å². The summed E-state index contributed by atoms with van der Waals surface area (Å²) in [6, 6.07) is 0. The number of rotatable bonds is 10. The van der Waals surface area contributed by atoms with Gasteiger partial charge in [-0.25, -0.2) is 29.2 Å². The Morgan fingerprint density at radius 1 is 1.22 bits per heavy atom. The number of nitrogens with zero attached hydrogens (tertiary/aromatic N) is 5. The number of hydrogen-bond acceptors (Lipinski definition) is 11. The van der Waals surface area contributed by atoms with Crippen molar-refractivity contribution in [3.05, 3.63) is 24.8 Å². The Morgan fingerprint density at radius 3 is 2.51 bits per heavy atom. The molecule has 1 aliphatic heterocycles. The van der Waals surface area contributed by atoms with E-state index in [1.807, 2.05) is 0 Å². The minimum absolute atomic E-state index is 0.125. The molecule has 0 radical (unpaired) electrons. The van der Waals surface area contributed by atoms with Crippen molar-refractivity contribution in [2.45, 2.75) is 39.3 Å². The van der Waals surface area contributed by atoms with Gasteiger partial charge in [0.05, 0.1) is 26.1 Å². The highest BCUT2D eigenvalue weighted by Crippen LogP contribution is 2.56. The molecule has 15 nitrogen and oxygen atoms in total. The summed E-state index contributed by atoms with van der Waals surface area (Å²) in [5, 5.41) is 15.6. The third-order valence-electron chi connectivity index (χ3n) is 5.12. The zero-order valence-electron chi connectivity index (χ0n) is 20.8. The molecule has 0 amide bonds. The van der Waals surface area contributed by atoms with Crippen LogP contribution >= 0.6 is 7.52 Å². The fraction of sp³-hybridized carbons (Fsp3) is 0.524. The number of esters is 1. The number of carbonyl (C=O) groups excluding carboxylic acids is 1. The second-order valence-electron chi connectivity index (χ2n) is 8.14. The standard InChI is InChI=1S/C17H27N6O5P.C4H4O4/c1-4-27-16(24)17(2,3)23-6-5-8-28-29(23,25)12-26-9-7-22-11-21-13-14(18)19-10-20-15(13)22;5-3(6)1-2-4(7)8/h10-11H,4-9,12H2,1-3H3,(H2,18,19,20);1-2H,(H,5,6)(H,7,8)/b;2-1+. The second-order valence-corrected chi connectivity index (χ2v) is 10.4. The zero-order valence-corrected chi connectivity index (χ0v) is 21.7. The van der Waals surface area contributed by atoms with Gasteiger partial charge in [-0.3, -0.25) is 9.36 Å². The quantitative estimate of drug-likeness (QED) is 0.167. The van der Waals surface area contributed by atoms with Crippen LogP contribution in [0.15, 0.2) is 24.8 Å². The van der Waals surface area contributed by atoms with Crippen LogP contribution < -0.4 is 5.73 Å². The molecule has 2 aromatic heterocycles. The minimum atomic E-state index is -3.35. The molecule has 1 fully saturated rings. The lowest BCUT2D eigenvalue weighted by Crippen LogP contribution is -2.51. The number of aromatic nitrogens is 4. The van der Waals surface area contributed by atoms with Crippen LogP contribution in [0.2, 0.25) is 0 Å². The number of anilines is 1. The van der Waals surface area contributed by atoms with E-state index in [0.29, 0.717) is 55.3 Å². The van der Waals surface area contributed by atoms with Crippen LogP contribution in [0.5, 0.6) is 0 Å². The number of nitrogens with two attached hydrogens (primary N) is 1. The van der Waals surface area contributed by atoms with Crippen LogP contribution in [0, 0.1) is 0 Å². The van der Waals surface area contributed by atoms with Gasteiger partial charge in [0.15, 0.2) is 11.5 Å². The monoisotopic (exact) mass is 542 g/mol. The number of ether oxygens (including phenoxy) is 2. The Morgan fingerprint density at radius 2 is 1.89 bits per heavy atom. The van der Waals surface area contributed by atoms with Gasteiger partial charge in [-0.2, -0.15) is 0 Å². The first-order valence-corrected chi connectivity index (χ1v) is 13.0. The van der Waals surface area contributed by atoms with Crippen molar-refractivity contribution < 1.29 is 43.2 Å². The first-order valence-electron chi connectivity index (χ1n) is 11.2. The van der Waals surface area contributed by atoms with Crippen LogP contribution in [-0.4, -0.2) is 90.6 Å². The molecule has 0 saturated carbocycles. The molecule has 204 valence electrons.